The minimum absolute atomic E-state index is 0.0561. The zero-order valence-electron chi connectivity index (χ0n) is 14.7. The van der Waals surface area contributed by atoms with E-state index in [4.69, 9.17) is 4.98 Å². The molecule has 3 nitrogen and oxygen atoms in total. The monoisotopic (exact) mass is 352 g/mol. The minimum Gasteiger partial charge on any atom is -0.301 e. The summed E-state index contributed by atoms with van der Waals surface area (Å²) in [6.45, 7) is 5.93. The highest BCUT2D eigenvalue weighted by Gasteiger charge is 2.35. The van der Waals surface area contributed by atoms with Gasteiger partial charge < -0.3 is 4.98 Å². The molecule has 1 saturated carbocycles. The third-order valence-electron chi connectivity index (χ3n) is 5.44. The lowest BCUT2D eigenvalue weighted by atomic mass is 9.74. The summed E-state index contributed by atoms with van der Waals surface area (Å²) in [6.07, 6.45) is 6.01. The first-order valence-corrected chi connectivity index (χ1v) is 10.1. The molecule has 0 aliphatic heterocycles. The molecule has 0 bridgehead atoms. The molecule has 1 aromatic carbocycles. The summed E-state index contributed by atoms with van der Waals surface area (Å²) >= 11 is 1.56. The second-order valence-electron chi connectivity index (χ2n) is 7.39. The lowest BCUT2D eigenvalue weighted by Crippen LogP contribution is -2.28. The van der Waals surface area contributed by atoms with Gasteiger partial charge in [-0.05, 0) is 43.6 Å². The molecule has 0 spiro atoms. The van der Waals surface area contributed by atoms with Crippen molar-refractivity contribution in [3.8, 4) is 11.3 Å². The van der Waals surface area contributed by atoms with Crippen LogP contribution >= 0.6 is 11.8 Å². The molecule has 1 N–H and O–H groups in total. The number of rotatable bonds is 4. The Balaban J connectivity index is 1.82. The van der Waals surface area contributed by atoms with Crippen LogP contribution < -0.4 is 5.56 Å². The summed E-state index contributed by atoms with van der Waals surface area (Å²) in [6, 6.07) is 8.45. The molecule has 130 valence electrons. The first-order valence-electron chi connectivity index (χ1n) is 9.13. The maximum atomic E-state index is 13.0. The fourth-order valence-electron chi connectivity index (χ4n) is 4.30. The van der Waals surface area contributed by atoms with Crippen molar-refractivity contribution in [3.05, 3.63) is 57.9 Å². The first-order chi connectivity index (χ1) is 12.1. The number of benzene rings is 1. The Kier molecular flexibility index (Phi) is 4.55. The highest BCUT2D eigenvalue weighted by atomic mass is 32.2. The molecular weight excluding hydrogens is 328 g/mol. The van der Waals surface area contributed by atoms with Crippen LogP contribution in [-0.2, 0) is 6.42 Å². The van der Waals surface area contributed by atoms with Crippen LogP contribution in [0.3, 0.4) is 0 Å². The van der Waals surface area contributed by atoms with Gasteiger partial charge in [0, 0.05) is 16.9 Å². The minimum atomic E-state index is 0.0561. The van der Waals surface area contributed by atoms with Crippen LogP contribution in [0.4, 0.5) is 0 Å². The zero-order valence-corrected chi connectivity index (χ0v) is 15.5. The highest BCUT2D eigenvalue weighted by Crippen LogP contribution is 2.45. The van der Waals surface area contributed by atoms with Crippen molar-refractivity contribution in [2.75, 3.05) is 5.75 Å². The summed E-state index contributed by atoms with van der Waals surface area (Å²) in [7, 11) is 0. The van der Waals surface area contributed by atoms with Crippen LogP contribution in [0.2, 0.25) is 0 Å². The van der Waals surface area contributed by atoms with Gasteiger partial charge in [0.2, 0.25) is 0 Å². The Morgan fingerprint density at radius 3 is 2.84 bits per heavy atom. The van der Waals surface area contributed by atoms with Gasteiger partial charge in [0.1, 0.15) is 0 Å². The molecule has 4 heteroatoms. The topological polar surface area (TPSA) is 45.8 Å². The Bertz CT molecular complexity index is 864. The van der Waals surface area contributed by atoms with Gasteiger partial charge in [0.05, 0.1) is 5.69 Å². The van der Waals surface area contributed by atoms with Gasteiger partial charge in [-0.2, -0.15) is 0 Å². The Labute approximate surface area is 153 Å². The predicted octanol–water partition coefficient (Wildman–Crippen LogP) is 4.94. The van der Waals surface area contributed by atoms with Gasteiger partial charge >= 0.3 is 0 Å². The van der Waals surface area contributed by atoms with Gasteiger partial charge in [-0.25, -0.2) is 4.98 Å². The van der Waals surface area contributed by atoms with Crippen LogP contribution in [-0.4, -0.2) is 15.7 Å². The normalized spacial score (nSPS) is 19.5. The van der Waals surface area contributed by atoms with Crippen molar-refractivity contribution < 1.29 is 0 Å². The SMILES string of the molecule is C=C(C)CSc1nc2c(c(=O)[nH]1)C(C1CCCC1)Cc1ccccc1-2. The number of hydrogen-bond donors (Lipinski definition) is 1. The van der Waals surface area contributed by atoms with Crippen LogP contribution in [0.15, 0.2) is 46.4 Å². The quantitative estimate of drug-likeness (QED) is 0.482. The maximum absolute atomic E-state index is 13.0. The molecule has 0 saturated heterocycles. The molecule has 0 radical (unpaired) electrons. The zero-order chi connectivity index (χ0) is 17.4. The van der Waals surface area contributed by atoms with Crippen LogP contribution in [0.5, 0.6) is 0 Å². The largest absolute Gasteiger partial charge is 0.301 e. The lowest BCUT2D eigenvalue weighted by Gasteiger charge is -2.30. The van der Waals surface area contributed by atoms with Crippen molar-refractivity contribution in [1.82, 2.24) is 9.97 Å². The van der Waals surface area contributed by atoms with E-state index in [9.17, 15) is 4.79 Å². The molecular formula is C21H24N2OS. The molecule has 1 fully saturated rings. The van der Waals surface area contributed by atoms with E-state index in [2.05, 4.69) is 29.8 Å². The first kappa shape index (κ1) is 16.6. The second-order valence-corrected chi connectivity index (χ2v) is 8.36. The highest BCUT2D eigenvalue weighted by molar-refractivity contribution is 7.99. The maximum Gasteiger partial charge on any atom is 0.255 e. The number of aromatic amines is 1. The smallest absolute Gasteiger partial charge is 0.255 e. The van der Waals surface area contributed by atoms with Crippen molar-refractivity contribution in [1.29, 1.82) is 0 Å². The molecule has 2 aliphatic carbocycles. The van der Waals surface area contributed by atoms with Crippen LogP contribution in [0.25, 0.3) is 11.3 Å². The average molecular weight is 353 g/mol. The molecule has 2 aromatic rings. The number of thioether (sulfide) groups is 1. The summed E-state index contributed by atoms with van der Waals surface area (Å²) in [5.74, 6) is 1.70. The number of hydrogen-bond acceptors (Lipinski definition) is 3. The van der Waals surface area contributed by atoms with E-state index in [1.165, 1.54) is 31.2 Å². The van der Waals surface area contributed by atoms with Gasteiger partial charge in [0.15, 0.2) is 5.16 Å². The fraction of sp³-hybridized carbons (Fsp3) is 0.429. The summed E-state index contributed by atoms with van der Waals surface area (Å²) < 4.78 is 0. The number of nitrogens with zero attached hydrogens (tertiary/aromatic N) is 1. The predicted molar refractivity (Wildman–Crippen MR) is 104 cm³/mol. The van der Waals surface area contributed by atoms with E-state index in [0.29, 0.717) is 17.0 Å². The van der Waals surface area contributed by atoms with E-state index in [0.717, 1.165) is 34.6 Å². The van der Waals surface area contributed by atoms with Crippen LogP contribution in [0.1, 0.15) is 49.7 Å². The van der Waals surface area contributed by atoms with Crippen molar-refractivity contribution in [3.63, 3.8) is 0 Å². The summed E-state index contributed by atoms with van der Waals surface area (Å²) in [4.78, 5) is 20.9. The van der Waals surface area contributed by atoms with Gasteiger partial charge in [-0.1, -0.05) is 61.0 Å². The summed E-state index contributed by atoms with van der Waals surface area (Å²) in [5, 5.41) is 0.702. The number of nitrogens with one attached hydrogen (secondary N) is 1. The Morgan fingerprint density at radius 1 is 1.32 bits per heavy atom. The van der Waals surface area contributed by atoms with E-state index in [1.807, 2.05) is 13.0 Å². The van der Waals surface area contributed by atoms with Crippen molar-refractivity contribution >= 4 is 11.8 Å². The van der Waals surface area contributed by atoms with Gasteiger partial charge in [0.25, 0.3) is 5.56 Å². The number of fused-ring (bicyclic) bond motifs is 3. The number of aromatic nitrogens is 2. The van der Waals surface area contributed by atoms with Crippen molar-refractivity contribution in [2.24, 2.45) is 5.92 Å². The standard InChI is InChI=1S/C21H24N2OS/c1-13(2)12-25-21-22-19-16-10-6-5-9-15(16)11-17(14-7-3-4-8-14)18(19)20(24)23-21/h5-6,9-10,14,17H,1,3-4,7-8,11-12H2,2H3,(H,22,23,24). The van der Waals surface area contributed by atoms with E-state index < -0.39 is 0 Å². The van der Waals surface area contributed by atoms with Crippen LogP contribution in [0, 0.1) is 5.92 Å². The van der Waals surface area contributed by atoms with E-state index >= 15 is 0 Å². The lowest BCUT2D eigenvalue weighted by molar-refractivity contribution is 0.424. The van der Waals surface area contributed by atoms with Gasteiger partial charge in [-0.15, -0.1) is 0 Å². The average Bonchev–Trinajstić information content (AvgIpc) is 3.13. The molecule has 2 aliphatic rings. The third-order valence-corrected chi connectivity index (χ3v) is 6.54. The molecule has 25 heavy (non-hydrogen) atoms. The molecule has 1 aromatic heterocycles. The fourth-order valence-corrected chi connectivity index (χ4v) is 5.01. The van der Waals surface area contributed by atoms with E-state index in [1.54, 1.807) is 11.8 Å². The summed E-state index contributed by atoms with van der Waals surface area (Å²) in [5.41, 5.74) is 5.43. The molecule has 1 unspecified atom stereocenters. The second kappa shape index (κ2) is 6.83. The Morgan fingerprint density at radius 2 is 2.08 bits per heavy atom. The third kappa shape index (κ3) is 3.20. The van der Waals surface area contributed by atoms with E-state index in [-0.39, 0.29) is 5.56 Å². The van der Waals surface area contributed by atoms with Gasteiger partial charge in [-0.3, -0.25) is 4.79 Å². The molecule has 0 amide bonds. The Hall–Kier alpha value is -1.81. The van der Waals surface area contributed by atoms with Crippen molar-refractivity contribution in [2.45, 2.75) is 50.1 Å². The molecule has 1 heterocycles. The number of H-pyrrole nitrogens is 1. The molecule has 1 atom stereocenters. The molecule has 4 rings (SSSR count).